The summed E-state index contributed by atoms with van der Waals surface area (Å²) in [5, 5.41) is 4.73. The average Bonchev–Trinajstić information content (AvgIpc) is 2.41. The van der Waals surface area contributed by atoms with Crippen LogP contribution in [-0.4, -0.2) is 5.71 Å². The van der Waals surface area contributed by atoms with Crippen LogP contribution in [0, 0.1) is 5.82 Å². The third-order valence-electron chi connectivity index (χ3n) is 2.89. The van der Waals surface area contributed by atoms with Gasteiger partial charge in [-0.15, -0.1) is 0 Å². The van der Waals surface area contributed by atoms with Crippen LogP contribution in [0.25, 0.3) is 0 Å². The number of halogens is 3. The van der Waals surface area contributed by atoms with Crippen LogP contribution in [0.3, 0.4) is 0 Å². The minimum atomic E-state index is -0.459. The zero-order chi connectivity index (χ0) is 13.4. The number of nitrogens with zero attached hydrogens (tertiary/aromatic N) is 1. The fourth-order valence-corrected chi connectivity index (χ4v) is 2.36. The van der Waals surface area contributed by atoms with E-state index in [0.29, 0.717) is 22.9 Å². The van der Waals surface area contributed by atoms with Crippen molar-refractivity contribution in [3.63, 3.8) is 0 Å². The van der Waals surface area contributed by atoms with E-state index in [1.54, 1.807) is 12.1 Å². The molecule has 1 aliphatic rings. The maximum absolute atomic E-state index is 13.2. The van der Waals surface area contributed by atoms with Crippen LogP contribution in [0.15, 0.2) is 41.6 Å². The second-order valence-electron chi connectivity index (χ2n) is 4.14. The van der Waals surface area contributed by atoms with Crippen molar-refractivity contribution in [2.45, 2.75) is 6.61 Å². The van der Waals surface area contributed by atoms with Gasteiger partial charge in [-0.2, -0.15) is 0 Å². The van der Waals surface area contributed by atoms with E-state index in [1.165, 1.54) is 12.1 Å². The Hall–Kier alpha value is -1.58. The van der Waals surface area contributed by atoms with Crippen molar-refractivity contribution < 1.29 is 9.23 Å². The summed E-state index contributed by atoms with van der Waals surface area (Å²) in [6.45, 7) is 0.369. The number of oxime groups is 1. The molecule has 0 bridgehead atoms. The first-order valence-corrected chi connectivity index (χ1v) is 6.35. The summed E-state index contributed by atoms with van der Waals surface area (Å²) >= 11 is 11.7. The number of hydrogen-bond donors (Lipinski definition) is 0. The van der Waals surface area contributed by atoms with Gasteiger partial charge in [-0.25, -0.2) is 4.39 Å². The lowest BCUT2D eigenvalue weighted by Gasteiger charge is -2.17. The van der Waals surface area contributed by atoms with E-state index in [0.717, 1.165) is 11.1 Å². The van der Waals surface area contributed by atoms with Gasteiger partial charge >= 0.3 is 0 Å². The van der Waals surface area contributed by atoms with E-state index in [9.17, 15) is 4.39 Å². The molecule has 5 heteroatoms. The van der Waals surface area contributed by atoms with Crippen molar-refractivity contribution in [3.05, 3.63) is 69.0 Å². The Morgan fingerprint density at radius 2 is 1.95 bits per heavy atom. The first-order chi connectivity index (χ1) is 9.15. The molecular formula is C14H8Cl2FNO. The molecule has 96 valence electrons. The molecule has 0 aliphatic carbocycles. The number of rotatable bonds is 1. The smallest absolute Gasteiger partial charge is 0.143 e. The maximum Gasteiger partial charge on any atom is 0.143 e. The highest BCUT2D eigenvalue weighted by Crippen LogP contribution is 2.26. The van der Waals surface area contributed by atoms with Crippen LogP contribution in [0.1, 0.15) is 16.7 Å². The van der Waals surface area contributed by atoms with Crippen LogP contribution in [0.2, 0.25) is 10.0 Å². The fraction of sp³-hybridized carbons (Fsp3) is 0.0714. The molecule has 0 spiro atoms. The highest BCUT2D eigenvalue weighted by Gasteiger charge is 2.18. The van der Waals surface area contributed by atoms with E-state index in [-0.39, 0.29) is 5.02 Å². The van der Waals surface area contributed by atoms with E-state index in [4.69, 9.17) is 28.0 Å². The minimum absolute atomic E-state index is 0.0567. The van der Waals surface area contributed by atoms with Crippen molar-refractivity contribution in [2.75, 3.05) is 0 Å². The normalized spacial score (nSPS) is 13.5. The Morgan fingerprint density at radius 3 is 2.74 bits per heavy atom. The molecule has 0 amide bonds. The Kier molecular flexibility index (Phi) is 3.17. The van der Waals surface area contributed by atoms with Crippen LogP contribution < -0.4 is 0 Å². The summed E-state index contributed by atoms with van der Waals surface area (Å²) in [5.74, 6) is -0.459. The molecule has 0 unspecified atom stereocenters. The molecule has 0 atom stereocenters. The molecule has 1 aliphatic heterocycles. The van der Waals surface area contributed by atoms with Gasteiger partial charge in [0.05, 0.1) is 5.02 Å². The third kappa shape index (κ3) is 2.31. The standard InChI is InChI=1S/C14H8Cl2FNO/c15-10-2-3-11-9(5-10)7-19-18-14(11)8-1-4-13(17)12(16)6-8/h1-6H,7H2. The topological polar surface area (TPSA) is 21.6 Å². The van der Waals surface area contributed by atoms with Crippen LogP contribution in [0.5, 0.6) is 0 Å². The molecule has 3 rings (SSSR count). The molecule has 2 aromatic rings. The molecule has 2 aromatic carbocycles. The summed E-state index contributed by atoms with van der Waals surface area (Å²) in [5.41, 5.74) is 3.19. The van der Waals surface area contributed by atoms with Gasteiger partial charge in [0, 0.05) is 21.7 Å². The molecule has 0 fully saturated rings. The molecular weight excluding hydrogens is 288 g/mol. The van der Waals surface area contributed by atoms with Gasteiger partial charge in [0.1, 0.15) is 18.1 Å². The van der Waals surface area contributed by atoms with Crippen molar-refractivity contribution in [2.24, 2.45) is 5.16 Å². The van der Waals surface area contributed by atoms with Crippen molar-refractivity contribution >= 4 is 28.9 Å². The third-order valence-corrected chi connectivity index (χ3v) is 3.42. The Labute approximate surface area is 119 Å². The lowest BCUT2D eigenvalue weighted by molar-refractivity contribution is 0.126. The molecule has 0 saturated carbocycles. The Morgan fingerprint density at radius 1 is 1.11 bits per heavy atom. The predicted octanol–water partition coefficient (Wildman–Crippen LogP) is 4.42. The van der Waals surface area contributed by atoms with E-state index in [1.807, 2.05) is 12.1 Å². The van der Waals surface area contributed by atoms with Crippen LogP contribution >= 0.6 is 23.2 Å². The summed E-state index contributed by atoms with van der Waals surface area (Å²) in [6, 6.07) is 9.94. The Balaban J connectivity index is 2.11. The van der Waals surface area contributed by atoms with Crippen LogP contribution in [0.4, 0.5) is 4.39 Å². The lowest BCUT2D eigenvalue weighted by atomic mass is 9.97. The van der Waals surface area contributed by atoms with Gasteiger partial charge in [0.2, 0.25) is 0 Å². The van der Waals surface area contributed by atoms with E-state index in [2.05, 4.69) is 5.16 Å². The largest absolute Gasteiger partial charge is 0.390 e. The van der Waals surface area contributed by atoms with Gasteiger partial charge in [-0.05, 0) is 30.3 Å². The molecule has 0 radical (unpaired) electrons. The zero-order valence-electron chi connectivity index (χ0n) is 9.66. The summed E-state index contributed by atoms with van der Waals surface area (Å²) in [7, 11) is 0. The lowest BCUT2D eigenvalue weighted by Crippen LogP contribution is -2.13. The van der Waals surface area contributed by atoms with Gasteiger partial charge in [0.25, 0.3) is 0 Å². The summed E-state index contributed by atoms with van der Waals surface area (Å²) in [4.78, 5) is 5.18. The van der Waals surface area contributed by atoms with E-state index < -0.39 is 5.82 Å². The number of fused-ring (bicyclic) bond motifs is 1. The second-order valence-corrected chi connectivity index (χ2v) is 4.99. The van der Waals surface area contributed by atoms with Crippen molar-refractivity contribution in [1.29, 1.82) is 0 Å². The van der Waals surface area contributed by atoms with Gasteiger partial charge in [-0.1, -0.05) is 34.4 Å². The van der Waals surface area contributed by atoms with Gasteiger partial charge in [-0.3, -0.25) is 0 Å². The van der Waals surface area contributed by atoms with E-state index >= 15 is 0 Å². The van der Waals surface area contributed by atoms with Gasteiger partial charge < -0.3 is 4.84 Å². The molecule has 0 N–H and O–H groups in total. The molecule has 2 nitrogen and oxygen atoms in total. The molecule has 1 heterocycles. The van der Waals surface area contributed by atoms with Crippen LogP contribution in [-0.2, 0) is 11.4 Å². The first-order valence-electron chi connectivity index (χ1n) is 5.59. The summed E-state index contributed by atoms with van der Waals surface area (Å²) in [6.07, 6.45) is 0. The van der Waals surface area contributed by atoms with Crippen molar-refractivity contribution in [3.8, 4) is 0 Å². The minimum Gasteiger partial charge on any atom is -0.390 e. The zero-order valence-corrected chi connectivity index (χ0v) is 11.2. The number of benzene rings is 2. The molecule has 0 saturated heterocycles. The second kappa shape index (κ2) is 4.83. The first kappa shape index (κ1) is 12.5. The molecule has 0 aromatic heterocycles. The fourth-order valence-electron chi connectivity index (χ4n) is 1.98. The monoisotopic (exact) mass is 295 g/mol. The Bertz CT molecular complexity index is 685. The predicted molar refractivity (Wildman–Crippen MR) is 73.3 cm³/mol. The van der Waals surface area contributed by atoms with Gasteiger partial charge in [0.15, 0.2) is 0 Å². The highest BCUT2D eigenvalue weighted by molar-refractivity contribution is 6.32. The average molecular weight is 296 g/mol. The SMILES string of the molecule is Fc1ccc(C2=NOCc3cc(Cl)ccc32)cc1Cl. The number of hydrogen-bond acceptors (Lipinski definition) is 2. The van der Waals surface area contributed by atoms with Crippen molar-refractivity contribution in [1.82, 2.24) is 0 Å². The maximum atomic E-state index is 13.2. The summed E-state index contributed by atoms with van der Waals surface area (Å²) < 4.78 is 13.2. The quantitative estimate of drug-likeness (QED) is 0.763. The molecule has 19 heavy (non-hydrogen) atoms. The highest BCUT2D eigenvalue weighted by atomic mass is 35.5.